The zero-order chi connectivity index (χ0) is 25.9. The standard InChI is InChI=1S/C27H24N6O4/c1-2-6-20(34)29-17-13-14-33(15-17)26-24-23(31-27(36)32-24)21(25(28)35)22(30-26)16-9-11-19(12-10-16)37-18-7-4-3-5-8-18/h3-5,7-12,17H,13-15H2,1H3,(H2,28,35)(H,29,34)(H2,31,32,36). The molecule has 4 aromatic rings. The number of carbonyl (C=O) groups excluding carboxylic acids is 2. The minimum Gasteiger partial charge on any atom is -0.457 e. The average molecular weight is 497 g/mol. The third-order valence-corrected chi connectivity index (χ3v) is 6.07. The van der Waals surface area contributed by atoms with Crippen molar-refractivity contribution in [3.05, 3.63) is 70.6 Å². The summed E-state index contributed by atoms with van der Waals surface area (Å²) < 4.78 is 5.87. The van der Waals surface area contributed by atoms with Gasteiger partial charge in [-0.05, 0) is 55.7 Å². The topological polar surface area (TPSA) is 146 Å². The maximum Gasteiger partial charge on any atom is 0.323 e. The van der Waals surface area contributed by atoms with Gasteiger partial charge < -0.3 is 30.7 Å². The summed E-state index contributed by atoms with van der Waals surface area (Å²) in [5.41, 5.74) is 7.01. The molecule has 0 saturated carbocycles. The lowest BCUT2D eigenvalue weighted by molar-refractivity contribution is -0.116. The van der Waals surface area contributed by atoms with Crippen LogP contribution in [0.25, 0.3) is 22.3 Å². The molecule has 10 heteroatoms. The van der Waals surface area contributed by atoms with Gasteiger partial charge in [0.05, 0.1) is 16.8 Å². The molecule has 0 spiro atoms. The van der Waals surface area contributed by atoms with E-state index in [0.717, 1.165) is 0 Å². The number of pyridine rings is 1. The zero-order valence-corrected chi connectivity index (χ0v) is 20.0. The molecule has 1 saturated heterocycles. The van der Waals surface area contributed by atoms with Crippen molar-refractivity contribution in [2.24, 2.45) is 5.73 Å². The first-order chi connectivity index (χ1) is 17.9. The number of anilines is 1. The largest absolute Gasteiger partial charge is 0.457 e. The Balaban J connectivity index is 1.53. The number of H-pyrrole nitrogens is 2. The molecule has 1 aliphatic heterocycles. The minimum atomic E-state index is -0.719. The van der Waals surface area contributed by atoms with Crippen LogP contribution in [0.3, 0.4) is 0 Å². The van der Waals surface area contributed by atoms with E-state index in [4.69, 9.17) is 15.5 Å². The molecular formula is C27H24N6O4. The summed E-state index contributed by atoms with van der Waals surface area (Å²) in [7, 11) is 0. The third kappa shape index (κ3) is 4.88. The lowest BCUT2D eigenvalue weighted by Gasteiger charge is -2.20. The number of fused-ring (bicyclic) bond motifs is 1. The molecule has 0 aliphatic carbocycles. The molecule has 37 heavy (non-hydrogen) atoms. The van der Waals surface area contributed by atoms with E-state index in [1.807, 2.05) is 35.2 Å². The highest BCUT2D eigenvalue weighted by Gasteiger charge is 2.29. The molecule has 1 aliphatic rings. The van der Waals surface area contributed by atoms with E-state index < -0.39 is 11.6 Å². The molecule has 1 unspecified atom stereocenters. The molecule has 0 bridgehead atoms. The smallest absolute Gasteiger partial charge is 0.323 e. The second-order valence-corrected chi connectivity index (χ2v) is 8.57. The summed E-state index contributed by atoms with van der Waals surface area (Å²) in [6.45, 7) is 2.65. The fourth-order valence-corrected chi connectivity index (χ4v) is 4.46. The van der Waals surface area contributed by atoms with Crippen LogP contribution in [0.15, 0.2) is 59.4 Å². The second-order valence-electron chi connectivity index (χ2n) is 8.57. The Morgan fingerprint density at radius 1 is 1.08 bits per heavy atom. The summed E-state index contributed by atoms with van der Waals surface area (Å²) in [6.07, 6.45) is 0.674. The number of rotatable bonds is 6. The number of primary amides is 1. The van der Waals surface area contributed by atoms with Crippen LogP contribution < -0.4 is 26.4 Å². The van der Waals surface area contributed by atoms with Gasteiger partial charge in [0.15, 0.2) is 5.82 Å². The van der Waals surface area contributed by atoms with Gasteiger partial charge in [0.2, 0.25) is 0 Å². The number of carbonyl (C=O) groups is 2. The molecule has 3 heterocycles. The first-order valence-electron chi connectivity index (χ1n) is 11.7. The molecule has 186 valence electrons. The fraction of sp³-hybridized carbons (Fsp3) is 0.185. The normalized spacial score (nSPS) is 14.7. The molecule has 5 rings (SSSR count). The zero-order valence-electron chi connectivity index (χ0n) is 20.0. The van der Waals surface area contributed by atoms with Crippen molar-refractivity contribution < 1.29 is 14.3 Å². The van der Waals surface area contributed by atoms with Gasteiger partial charge in [-0.2, -0.15) is 0 Å². The first kappa shape index (κ1) is 23.7. The number of aromatic amines is 2. The predicted molar refractivity (Wildman–Crippen MR) is 139 cm³/mol. The Kier molecular flexibility index (Phi) is 6.34. The molecule has 2 aromatic carbocycles. The van der Waals surface area contributed by atoms with Gasteiger partial charge >= 0.3 is 5.69 Å². The molecule has 5 N–H and O–H groups in total. The number of aromatic nitrogens is 3. The van der Waals surface area contributed by atoms with E-state index in [1.54, 1.807) is 31.2 Å². The van der Waals surface area contributed by atoms with Crippen LogP contribution in [0, 0.1) is 11.8 Å². The van der Waals surface area contributed by atoms with Crippen LogP contribution >= 0.6 is 0 Å². The monoisotopic (exact) mass is 496 g/mol. The first-order valence-corrected chi connectivity index (χ1v) is 11.7. The summed E-state index contributed by atoms with van der Waals surface area (Å²) in [4.78, 5) is 48.9. The van der Waals surface area contributed by atoms with Gasteiger partial charge in [0.25, 0.3) is 11.8 Å². The highest BCUT2D eigenvalue weighted by molar-refractivity contribution is 6.11. The summed E-state index contributed by atoms with van der Waals surface area (Å²) in [5, 5.41) is 2.89. The Morgan fingerprint density at radius 3 is 2.49 bits per heavy atom. The van der Waals surface area contributed by atoms with E-state index in [0.29, 0.717) is 53.6 Å². The van der Waals surface area contributed by atoms with Gasteiger partial charge in [-0.1, -0.05) is 24.1 Å². The number of nitrogens with one attached hydrogen (secondary N) is 3. The molecule has 1 fully saturated rings. The van der Waals surface area contributed by atoms with Crippen molar-refractivity contribution in [1.29, 1.82) is 0 Å². The molecule has 2 aromatic heterocycles. The Bertz CT molecular complexity index is 1600. The molecule has 1 atom stereocenters. The van der Waals surface area contributed by atoms with Gasteiger partial charge in [0, 0.05) is 24.7 Å². The van der Waals surface area contributed by atoms with E-state index in [2.05, 4.69) is 27.1 Å². The van der Waals surface area contributed by atoms with Crippen molar-refractivity contribution in [2.75, 3.05) is 18.0 Å². The predicted octanol–water partition coefficient (Wildman–Crippen LogP) is 2.53. The lowest BCUT2D eigenvalue weighted by atomic mass is 10.0. The molecular weight excluding hydrogens is 472 g/mol. The summed E-state index contributed by atoms with van der Waals surface area (Å²) >= 11 is 0. The maximum absolute atomic E-state index is 12.5. The summed E-state index contributed by atoms with van der Waals surface area (Å²) in [6, 6.07) is 16.3. The maximum atomic E-state index is 12.5. The molecule has 10 nitrogen and oxygen atoms in total. The number of hydrogen-bond donors (Lipinski definition) is 4. The van der Waals surface area contributed by atoms with Crippen LogP contribution in [0.4, 0.5) is 5.82 Å². The molecule has 0 radical (unpaired) electrons. The Hall–Kier alpha value is -5.04. The Labute approximate surface area is 211 Å². The lowest BCUT2D eigenvalue weighted by Crippen LogP contribution is -2.36. The van der Waals surface area contributed by atoms with Gasteiger partial charge in [0.1, 0.15) is 17.0 Å². The summed E-state index contributed by atoms with van der Waals surface area (Å²) in [5.74, 6) is 5.80. The van der Waals surface area contributed by atoms with E-state index >= 15 is 0 Å². The number of imidazole rings is 1. The van der Waals surface area contributed by atoms with Crippen LogP contribution in [-0.2, 0) is 4.79 Å². The highest BCUT2D eigenvalue weighted by atomic mass is 16.5. The number of ether oxygens (including phenoxy) is 1. The molecule has 2 amide bonds. The third-order valence-electron chi connectivity index (χ3n) is 6.07. The average Bonchev–Trinajstić information content (AvgIpc) is 3.50. The van der Waals surface area contributed by atoms with Crippen LogP contribution in [0.1, 0.15) is 23.7 Å². The van der Waals surface area contributed by atoms with Crippen LogP contribution in [0.2, 0.25) is 0 Å². The minimum absolute atomic E-state index is 0.107. The number of nitrogens with zero attached hydrogens (tertiary/aromatic N) is 2. The number of benzene rings is 2. The van der Waals surface area contributed by atoms with Crippen molar-refractivity contribution in [2.45, 2.75) is 19.4 Å². The number of nitrogens with two attached hydrogens (primary N) is 1. The van der Waals surface area contributed by atoms with Crippen LogP contribution in [0.5, 0.6) is 11.5 Å². The van der Waals surface area contributed by atoms with Crippen molar-refractivity contribution >= 4 is 28.7 Å². The second kappa shape index (κ2) is 9.91. The van der Waals surface area contributed by atoms with Crippen molar-refractivity contribution in [3.63, 3.8) is 0 Å². The van der Waals surface area contributed by atoms with E-state index in [1.165, 1.54) is 0 Å². The van der Waals surface area contributed by atoms with Gasteiger partial charge in [-0.3, -0.25) is 9.59 Å². The highest BCUT2D eigenvalue weighted by Crippen LogP contribution is 2.34. The van der Waals surface area contributed by atoms with E-state index in [-0.39, 0.29) is 23.0 Å². The van der Waals surface area contributed by atoms with Gasteiger partial charge in [-0.25, -0.2) is 9.78 Å². The van der Waals surface area contributed by atoms with Crippen molar-refractivity contribution in [3.8, 4) is 34.6 Å². The van der Waals surface area contributed by atoms with Crippen LogP contribution in [-0.4, -0.2) is 45.9 Å². The van der Waals surface area contributed by atoms with E-state index in [9.17, 15) is 14.4 Å². The Morgan fingerprint density at radius 2 is 1.78 bits per heavy atom. The fourth-order valence-electron chi connectivity index (χ4n) is 4.46. The van der Waals surface area contributed by atoms with Crippen molar-refractivity contribution in [1.82, 2.24) is 20.3 Å². The number of hydrogen-bond acceptors (Lipinski definition) is 6. The SMILES string of the molecule is CC#CC(=O)NC1CCN(c2nc(-c3ccc(Oc4ccccc4)cc3)c(C(N)=O)c3[nH]c(=O)[nH]c23)C1. The number of para-hydroxylation sites is 1. The number of amides is 2. The quantitative estimate of drug-likeness (QED) is 0.302. The van der Waals surface area contributed by atoms with Gasteiger partial charge in [-0.15, -0.1) is 0 Å².